The van der Waals surface area contributed by atoms with Gasteiger partial charge in [-0.2, -0.15) is 5.10 Å². The molecule has 0 saturated carbocycles. The van der Waals surface area contributed by atoms with Crippen LogP contribution in [0.4, 0.5) is 0 Å². The van der Waals surface area contributed by atoms with Gasteiger partial charge in [0.15, 0.2) is 0 Å². The zero-order valence-corrected chi connectivity index (χ0v) is 13.6. The zero-order valence-electron chi connectivity index (χ0n) is 13.6. The van der Waals surface area contributed by atoms with Crippen molar-refractivity contribution in [3.8, 4) is 0 Å². The molecule has 3 heterocycles. The van der Waals surface area contributed by atoms with Crippen molar-refractivity contribution in [3.63, 3.8) is 0 Å². The molecule has 0 bridgehead atoms. The van der Waals surface area contributed by atoms with Gasteiger partial charge in [-0.3, -0.25) is 14.7 Å². The Hall–Kier alpha value is -2.37. The van der Waals surface area contributed by atoms with Gasteiger partial charge in [0.05, 0.1) is 11.8 Å². The lowest BCUT2D eigenvalue weighted by Gasteiger charge is -2.32. The first-order chi connectivity index (χ1) is 11.0. The van der Waals surface area contributed by atoms with Gasteiger partial charge in [-0.15, -0.1) is 0 Å². The summed E-state index contributed by atoms with van der Waals surface area (Å²) in [7, 11) is 1.67. The summed E-state index contributed by atoms with van der Waals surface area (Å²) in [6.07, 6.45) is 6.51. The molecule has 0 radical (unpaired) electrons. The number of nitrogens with one attached hydrogen (secondary N) is 1. The van der Waals surface area contributed by atoms with Crippen LogP contribution in [0.15, 0.2) is 29.3 Å². The number of aryl methyl sites for hydroxylation is 2. The number of nitrogens with zero attached hydrogens (tertiary/aromatic N) is 3. The first kappa shape index (κ1) is 15.5. The second-order valence-electron chi connectivity index (χ2n) is 6.36. The van der Waals surface area contributed by atoms with E-state index in [4.69, 9.17) is 0 Å². The van der Waals surface area contributed by atoms with Crippen LogP contribution < -0.4 is 5.56 Å². The number of pyridine rings is 1. The van der Waals surface area contributed by atoms with Gasteiger partial charge in [0.2, 0.25) is 5.56 Å². The van der Waals surface area contributed by atoms with Crippen LogP contribution in [0.1, 0.15) is 34.5 Å². The van der Waals surface area contributed by atoms with E-state index >= 15 is 0 Å². The topological polar surface area (TPSA) is 71.0 Å². The first-order valence-corrected chi connectivity index (χ1v) is 7.99. The maximum atomic E-state index is 12.7. The highest BCUT2D eigenvalue weighted by atomic mass is 16.2. The third-order valence-electron chi connectivity index (χ3n) is 4.57. The predicted molar refractivity (Wildman–Crippen MR) is 87.3 cm³/mol. The molecule has 0 aromatic carbocycles. The van der Waals surface area contributed by atoms with Crippen molar-refractivity contribution in [3.05, 3.63) is 51.7 Å². The number of piperidine rings is 1. The molecule has 6 heteroatoms. The van der Waals surface area contributed by atoms with Gasteiger partial charge >= 0.3 is 0 Å². The predicted octanol–water partition coefficient (Wildman–Crippen LogP) is 1.51. The maximum Gasteiger partial charge on any atom is 0.255 e. The quantitative estimate of drug-likeness (QED) is 0.933. The van der Waals surface area contributed by atoms with E-state index in [9.17, 15) is 9.59 Å². The minimum atomic E-state index is -0.104. The van der Waals surface area contributed by atoms with Gasteiger partial charge in [-0.25, -0.2) is 0 Å². The Morgan fingerprint density at radius 3 is 2.96 bits per heavy atom. The third kappa shape index (κ3) is 3.36. The van der Waals surface area contributed by atoms with Crippen molar-refractivity contribution in [1.29, 1.82) is 0 Å². The zero-order chi connectivity index (χ0) is 16.4. The Morgan fingerprint density at radius 1 is 1.43 bits per heavy atom. The molecule has 2 aromatic rings. The van der Waals surface area contributed by atoms with E-state index in [1.807, 2.05) is 11.1 Å². The lowest BCUT2D eigenvalue weighted by Crippen LogP contribution is -2.41. The second kappa shape index (κ2) is 6.40. The summed E-state index contributed by atoms with van der Waals surface area (Å²) in [5, 5.41) is 7.12. The highest BCUT2D eigenvalue weighted by Gasteiger charge is 2.25. The molecule has 1 atom stereocenters. The monoisotopic (exact) mass is 314 g/mol. The van der Waals surface area contributed by atoms with Crippen molar-refractivity contribution >= 4 is 5.91 Å². The SMILES string of the molecule is Cc1cn[nH]c1CC1CCCN(C(=O)c2ccc(=O)n(C)c2)C1. The van der Waals surface area contributed by atoms with Crippen molar-refractivity contribution in [2.45, 2.75) is 26.2 Å². The van der Waals surface area contributed by atoms with E-state index in [-0.39, 0.29) is 11.5 Å². The number of aromatic amines is 1. The number of aromatic nitrogens is 3. The summed E-state index contributed by atoms with van der Waals surface area (Å²) in [6.45, 7) is 3.58. The Kier molecular flexibility index (Phi) is 4.32. The highest BCUT2D eigenvalue weighted by molar-refractivity contribution is 5.94. The molecule has 6 nitrogen and oxygen atoms in total. The molecule has 1 fully saturated rings. The Labute approximate surface area is 135 Å². The van der Waals surface area contributed by atoms with Crippen LogP contribution in [0.25, 0.3) is 0 Å². The van der Waals surface area contributed by atoms with Gasteiger partial charge in [-0.05, 0) is 43.7 Å². The van der Waals surface area contributed by atoms with E-state index in [1.165, 1.54) is 16.2 Å². The van der Waals surface area contributed by atoms with Crippen LogP contribution >= 0.6 is 0 Å². The molecule has 1 aliphatic rings. The largest absolute Gasteiger partial charge is 0.338 e. The molecule has 1 amide bonds. The Balaban J connectivity index is 1.70. The number of amides is 1. The first-order valence-electron chi connectivity index (χ1n) is 7.99. The average Bonchev–Trinajstić information content (AvgIpc) is 2.95. The molecule has 1 unspecified atom stereocenters. The average molecular weight is 314 g/mol. The number of carbonyl (C=O) groups is 1. The van der Waals surface area contributed by atoms with Crippen molar-refractivity contribution in [1.82, 2.24) is 19.7 Å². The van der Waals surface area contributed by atoms with Crippen LogP contribution in [0, 0.1) is 12.8 Å². The Morgan fingerprint density at radius 2 is 2.26 bits per heavy atom. The van der Waals surface area contributed by atoms with Crippen LogP contribution in [0.3, 0.4) is 0 Å². The van der Waals surface area contributed by atoms with Gasteiger partial charge in [-0.1, -0.05) is 0 Å². The fourth-order valence-corrected chi connectivity index (χ4v) is 3.19. The number of carbonyl (C=O) groups excluding carboxylic acids is 1. The number of rotatable bonds is 3. The molecule has 23 heavy (non-hydrogen) atoms. The summed E-state index contributed by atoms with van der Waals surface area (Å²) in [5.41, 5.74) is 2.80. The third-order valence-corrected chi connectivity index (χ3v) is 4.57. The lowest BCUT2D eigenvalue weighted by molar-refractivity contribution is 0.0672. The lowest BCUT2D eigenvalue weighted by atomic mass is 9.92. The van der Waals surface area contributed by atoms with Gasteiger partial charge in [0.1, 0.15) is 0 Å². The molecule has 1 saturated heterocycles. The Bertz CT molecular complexity index is 762. The molecule has 2 aromatic heterocycles. The summed E-state index contributed by atoms with van der Waals surface area (Å²) in [5.74, 6) is 0.450. The number of hydrogen-bond donors (Lipinski definition) is 1. The van der Waals surface area contributed by atoms with Gasteiger partial charge < -0.3 is 9.47 Å². The second-order valence-corrected chi connectivity index (χ2v) is 6.36. The van der Waals surface area contributed by atoms with E-state index < -0.39 is 0 Å². The summed E-state index contributed by atoms with van der Waals surface area (Å²) < 4.78 is 1.45. The molecule has 122 valence electrons. The van der Waals surface area contributed by atoms with E-state index in [1.54, 1.807) is 19.3 Å². The highest BCUT2D eigenvalue weighted by Crippen LogP contribution is 2.22. The molecule has 1 N–H and O–H groups in total. The van der Waals surface area contributed by atoms with E-state index in [0.29, 0.717) is 11.5 Å². The molecule has 0 aliphatic carbocycles. The fraction of sp³-hybridized carbons (Fsp3) is 0.471. The summed E-state index contributed by atoms with van der Waals surface area (Å²) in [4.78, 5) is 26.0. The molecular weight excluding hydrogens is 292 g/mol. The number of H-pyrrole nitrogens is 1. The number of likely N-dealkylation sites (tertiary alicyclic amines) is 1. The van der Waals surface area contributed by atoms with Crippen LogP contribution in [-0.4, -0.2) is 38.7 Å². The van der Waals surface area contributed by atoms with Crippen molar-refractivity contribution in [2.24, 2.45) is 13.0 Å². The summed E-state index contributed by atoms with van der Waals surface area (Å²) >= 11 is 0. The van der Waals surface area contributed by atoms with Gasteiger partial charge in [0.25, 0.3) is 5.91 Å². The smallest absolute Gasteiger partial charge is 0.255 e. The van der Waals surface area contributed by atoms with E-state index in [2.05, 4.69) is 17.1 Å². The molecule has 0 spiro atoms. The van der Waals surface area contributed by atoms with E-state index in [0.717, 1.165) is 38.0 Å². The maximum absolute atomic E-state index is 12.7. The standard InChI is InChI=1S/C17H22N4O2/c1-12-9-18-19-15(12)8-13-4-3-7-21(10-13)17(23)14-5-6-16(22)20(2)11-14/h5-6,9,11,13H,3-4,7-8,10H2,1-2H3,(H,18,19). The molecule has 3 rings (SSSR count). The minimum absolute atomic E-state index is 0.00614. The molecule has 1 aliphatic heterocycles. The fourth-order valence-electron chi connectivity index (χ4n) is 3.19. The van der Waals surface area contributed by atoms with Crippen molar-refractivity contribution in [2.75, 3.05) is 13.1 Å². The van der Waals surface area contributed by atoms with Gasteiger partial charge in [0, 0.05) is 38.1 Å². The van der Waals surface area contributed by atoms with Crippen molar-refractivity contribution < 1.29 is 4.79 Å². The minimum Gasteiger partial charge on any atom is -0.338 e. The van der Waals surface area contributed by atoms with Crippen LogP contribution in [-0.2, 0) is 13.5 Å². The van der Waals surface area contributed by atoms with Crippen LogP contribution in [0.5, 0.6) is 0 Å². The number of hydrogen-bond acceptors (Lipinski definition) is 3. The molecular formula is C17H22N4O2. The normalized spacial score (nSPS) is 18.2. The summed E-state index contributed by atoms with van der Waals surface area (Å²) in [6, 6.07) is 3.07. The van der Waals surface area contributed by atoms with Crippen LogP contribution in [0.2, 0.25) is 0 Å².